The maximum absolute atomic E-state index is 9.18. The molecule has 0 unspecified atom stereocenters. The summed E-state index contributed by atoms with van der Waals surface area (Å²) in [5, 5.41) is 9.18. The molecule has 0 fully saturated rings. The summed E-state index contributed by atoms with van der Waals surface area (Å²) in [7, 11) is -0.338. The smallest absolute Gasteiger partial charge is 0.504 e. The van der Waals surface area contributed by atoms with Crippen molar-refractivity contribution in [1.29, 1.82) is 0 Å². The number of pyridine rings is 3. The SMILES string of the molecule is OBOc1cc(C[n+]2ccccc2)cc(C[n+]2ccc(-c3ccncc3)cc2)c1. The topological polar surface area (TPSA) is 50.1 Å². The number of hydrogen-bond acceptors (Lipinski definition) is 3. The van der Waals surface area contributed by atoms with Crippen molar-refractivity contribution in [1.82, 2.24) is 4.98 Å². The van der Waals surface area contributed by atoms with Gasteiger partial charge in [0, 0.05) is 47.8 Å². The molecular formula is C23H22BN3O2+2. The van der Waals surface area contributed by atoms with E-state index in [0.717, 1.165) is 28.8 Å². The second-order valence-corrected chi connectivity index (χ2v) is 6.80. The van der Waals surface area contributed by atoms with Gasteiger partial charge in [0.05, 0.1) is 0 Å². The first-order chi connectivity index (χ1) is 14.3. The Kier molecular flexibility index (Phi) is 5.93. The minimum Gasteiger partial charge on any atom is -0.539 e. The van der Waals surface area contributed by atoms with Gasteiger partial charge in [-0.25, -0.2) is 9.13 Å². The van der Waals surface area contributed by atoms with Crippen LogP contribution in [0.2, 0.25) is 0 Å². The van der Waals surface area contributed by atoms with Crippen LogP contribution in [0.3, 0.4) is 0 Å². The van der Waals surface area contributed by atoms with Crippen molar-refractivity contribution in [2.24, 2.45) is 0 Å². The largest absolute Gasteiger partial charge is 0.539 e. The summed E-state index contributed by atoms with van der Waals surface area (Å²) < 4.78 is 9.61. The first kappa shape index (κ1) is 18.8. The fourth-order valence-electron chi connectivity index (χ4n) is 3.33. The second-order valence-electron chi connectivity index (χ2n) is 6.80. The third-order valence-electron chi connectivity index (χ3n) is 4.67. The van der Waals surface area contributed by atoms with Gasteiger partial charge in [0.25, 0.3) is 0 Å². The van der Waals surface area contributed by atoms with E-state index in [9.17, 15) is 5.02 Å². The van der Waals surface area contributed by atoms with Gasteiger partial charge in [0.15, 0.2) is 37.9 Å². The van der Waals surface area contributed by atoms with Gasteiger partial charge in [-0.1, -0.05) is 6.07 Å². The van der Waals surface area contributed by atoms with Crippen molar-refractivity contribution < 1.29 is 18.8 Å². The van der Waals surface area contributed by atoms with Gasteiger partial charge in [-0.3, -0.25) is 4.98 Å². The molecule has 5 nitrogen and oxygen atoms in total. The first-order valence-electron chi connectivity index (χ1n) is 9.50. The highest BCUT2D eigenvalue weighted by atomic mass is 16.5. The molecule has 0 spiro atoms. The van der Waals surface area contributed by atoms with Gasteiger partial charge in [-0.2, -0.15) is 0 Å². The third-order valence-corrected chi connectivity index (χ3v) is 4.67. The highest BCUT2D eigenvalue weighted by molar-refractivity contribution is 6.17. The molecule has 0 aliphatic carbocycles. The van der Waals surface area contributed by atoms with Gasteiger partial charge in [0.2, 0.25) is 0 Å². The summed E-state index contributed by atoms with van der Waals surface area (Å²) in [4.78, 5) is 4.07. The molecule has 0 atom stereocenters. The Labute approximate surface area is 170 Å². The quantitative estimate of drug-likeness (QED) is 0.393. The minimum atomic E-state index is -0.338. The van der Waals surface area contributed by atoms with Crippen molar-refractivity contribution >= 4 is 7.69 Å². The molecule has 142 valence electrons. The fourth-order valence-corrected chi connectivity index (χ4v) is 3.33. The van der Waals surface area contributed by atoms with Crippen LogP contribution < -0.4 is 13.8 Å². The van der Waals surface area contributed by atoms with E-state index in [4.69, 9.17) is 4.65 Å². The van der Waals surface area contributed by atoms with Crippen LogP contribution in [0.15, 0.2) is 97.8 Å². The fraction of sp³-hybridized carbons (Fsp3) is 0.0870. The molecule has 3 aromatic heterocycles. The molecule has 6 heteroatoms. The predicted molar refractivity (Wildman–Crippen MR) is 111 cm³/mol. The van der Waals surface area contributed by atoms with E-state index in [1.807, 2.05) is 54.9 Å². The molecule has 0 aliphatic heterocycles. The maximum atomic E-state index is 9.18. The first-order valence-corrected chi connectivity index (χ1v) is 9.50. The van der Waals surface area contributed by atoms with E-state index in [1.54, 1.807) is 12.4 Å². The number of nitrogens with zero attached hydrogens (tertiary/aromatic N) is 3. The highest BCUT2D eigenvalue weighted by Crippen LogP contribution is 2.18. The molecule has 0 saturated carbocycles. The van der Waals surface area contributed by atoms with E-state index in [2.05, 4.69) is 44.7 Å². The van der Waals surface area contributed by atoms with Crippen molar-refractivity contribution in [3.63, 3.8) is 0 Å². The molecule has 4 rings (SSSR count). The lowest BCUT2D eigenvalue weighted by atomic mass is 10.1. The van der Waals surface area contributed by atoms with Crippen LogP contribution in [0.5, 0.6) is 5.75 Å². The molecular weight excluding hydrogens is 361 g/mol. The molecule has 0 bridgehead atoms. The molecule has 0 amide bonds. The lowest BCUT2D eigenvalue weighted by Gasteiger charge is -2.08. The van der Waals surface area contributed by atoms with E-state index in [1.165, 1.54) is 0 Å². The number of aromatic nitrogens is 3. The zero-order valence-electron chi connectivity index (χ0n) is 16.1. The van der Waals surface area contributed by atoms with Crippen molar-refractivity contribution in [3.8, 4) is 16.9 Å². The Morgan fingerprint density at radius 3 is 1.97 bits per heavy atom. The van der Waals surface area contributed by atoms with Crippen LogP contribution >= 0.6 is 0 Å². The lowest BCUT2D eigenvalue weighted by Crippen LogP contribution is -2.34. The number of hydrogen-bond donors (Lipinski definition) is 1. The zero-order valence-corrected chi connectivity index (χ0v) is 16.1. The number of benzene rings is 1. The van der Waals surface area contributed by atoms with Crippen LogP contribution in [0, 0.1) is 0 Å². The van der Waals surface area contributed by atoms with Crippen molar-refractivity contribution in [2.45, 2.75) is 13.1 Å². The average molecular weight is 383 g/mol. The van der Waals surface area contributed by atoms with Crippen LogP contribution in [-0.2, 0) is 13.1 Å². The zero-order chi connectivity index (χ0) is 19.9. The van der Waals surface area contributed by atoms with E-state index < -0.39 is 0 Å². The molecule has 4 aromatic rings. The predicted octanol–water partition coefficient (Wildman–Crippen LogP) is 2.06. The minimum absolute atomic E-state index is 0.338. The van der Waals surface area contributed by atoms with Gasteiger partial charge >= 0.3 is 7.69 Å². The highest BCUT2D eigenvalue weighted by Gasteiger charge is 2.11. The van der Waals surface area contributed by atoms with Crippen molar-refractivity contribution in [3.05, 3.63) is 109 Å². The standard InChI is InChI=1S/C23H22BN3O2/c28-24-29-23-15-19(17-26-10-2-1-3-11-26)14-20(16-23)18-27-12-6-22(7-13-27)21-4-8-25-9-5-21/h1-16,24,28H,17-18H2/q+2. The monoisotopic (exact) mass is 383 g/mol. The van der Waals surface area contributed by atoms with Crippen LogP contribution in [0.4, 0.5) is 0 Å². The van der Waals surface area contributed by atoms with Crippen LogP contribution in [-0.4, -0.2) is 17.7 Å². The van der Waals surface area contributed by atoms with Gasteiger partial charge < -0.3 is 9.68 Å². The Balaban J connectivity index is 1.55. The van der Waals surface area contributed by atoms with E-state index in [-0.39, 0.29) is 7.69 Å². The second kappa shape index (κ2) is 9.12. The molecule has 1 N–H and O–H groups in total. The van der Waals surface area contributed by atoms with Gasteiger partial charge in [-0.05, 0) is 41.5 Å². The summed E-state index contributed by atoms with van der Waals surface area (Å²) in [6.07, 6.45) is 11.8. The Morgan fingerprint density at radius 1 is 0.759 bits per heavy atom. The third kappa shape index (κ3) is 5.06. The Hall–Kier alpha value is -3.51. The normalized spacial score (nSPS) is 10.5. The summed E-state index contributed by atoms with van der Waals surface area (Å²) in [5.74, 6) is 0.672. The molecule has 3 heterocycles. The summed E-state index contributed by atoms with van der Waals surface area (Å²) in [6.45, 7) is 1.45. The van der Waals surface area contributed by atoms with Crippen LogP contribution in [0.1, 0.15) is 11.1 Å². The van der Waals surface area contributed by atoms with Gasteiger partial charge in [0.1, 0.15) is 5.75 Å². The average Bonchev–Trinajstić information content (AvgIpc) is 2.76. The van der Waals surface area contributed by atoms with Crippen molar-refractivity contribution in [2.75, 3.05) is 0 Å². The van der Waals surface area contributed by atoms with E-state index >= 15 is 0 Å². The number of rotatable bonds is 7. The van der Waals surface area contributed by atoms with Crippen LogP contribution in [0.25, 0.3) is 11.1 Å². The van der Waals surface area contributed by atoms with Gasteiger partial charge in [-0.15, -0.1) is 0 Å². The Bertz CT molecular complexity index is 1060. The lowest BCUT2D eigenvalue weighted by molar-refractivity contribution is -0.689. The summed E-state index contributed by atoms with van der Waals surface area (Å²) in [6, 6.07) is 20.3. The molecule has 0 radical (unpaired) electrons. The molecule has 29 heavy (non-hydrogen) atoms. The molecule has 1 aromatic carbocycles. The maximum Gasteiger partial charge on any atom is 0.504 e. The molecule has 0 aliphatic rings. The Morgan fingerprint density at radius 2 is 1.34 bits per heavy atom. The summed E-state index contributed by atoms with van der Waals surface area (Å²) >= 11 is 0. The molecule has 0 saturated heterocycles. The van der Waals surface area contributed by atoms with E-state index in [0.29, 0.717) is 12.3 Å². The summed E-state index contributed by atoms with van der Waals surface area (Å²) in [5.41, 5.74) is 4.54.